The standard InChI is InChI=1S/C14H23N3O/c1-3-8-16-14(18)9-12(10-15)17-13-7-5-4-6-11(13)2/h4-7,12,17H,3,8-10,15H2,1-2H3,(H,16,18). The summed E-state index contributed by atoms with van der Waals surface area (Å²) < 4.78 is 0. The minimum absolute atomic E-state index is 0.0250. The van der Waals surface area contributed by atoms with Gasteiger partial charge in [-0.05, 0) is 25.0 Å². The molecule has 0 fully saturated rings. The second-order valence-corrected chi connectivity index (χ2v) is 4.45. The van der Waals surface area contributed by atoms with E-state index in [1.165, 1.54) is 0 Å². The number of carbonyl (C=O) groups excluding carboxylic acids is 1. The first-order valence-corrected chi connectivity index (χ1v) is 6.46. The largest absolute Gasteiger partial charge is 0.380 e. The molecular formula is C14H23N3O. The molecule has 1 unspecified atom stereocenters. The van der Waals surface area contributed by atoms with Crippen molar-refractivity contribution < 1.29 is 4.79 Å². The van der Waals surface area contributed by atoms with Gasteiger partial charge in [0.25, 0.3) is 0 Å². The Balaban J connectivity index is 2.52. The van der Waals surface area contributed by atoms with Crippen LogP contribution in [0.3, 0.4) is 0 Å². The summed E-state index contributed by atoms with van der Waals surface area (Å²) in [5.41, 5.74) is 7.90. The van der Waals surface area contributed by atoms with Crippen LogP contribution in [0.4, 0.5) is 5.69 Å². The number of amides is 1. The maximum atomic E-state index is 11.6. The third kappa shape index (κ3) is 4.75. The highest BCUT2D eigenvalue weighted by Crippen LogP contribution is 2.14. The van der Waals surface area contributed by atoms with E-state index in [-0.39, 0.29) is 11.9 Å². The number of nitrogens with one attached hydrogen (secondary N) is 2. The summed E-state index contributed by atoms with van der Waals surface area (Å²) in [4.78, 5) is 11.6. The summed E-state index contributed by atoms with van der Waals surface area (Å²) in [6.07, 6.45) is 1.36. The SMILES string of the molecule is CCCNC(=O)CC(CN)Nc1ccccc1C. The lowest BCUT2D eigenvalue weighted by molar-refractivity contribution is -0.121. The van der Waals surface area contributed by atoms with Crippen molar-refractivity contribution in [2.45, 2.75) is 32.7 Å². The highest BCUT2D eigenvalue weighted by molar-refractivity contribution is 5.77. The van der Waals surface area contributed by atoms with Crippen molar-refractivity contribution in [1.82, 2.24) is 5.32 Å². The molecule has 0 aliphatic carbocycles. The van der Waals surface area contributed by atoms with E-state index in [0.717, 1.165) is 24.2 Å². The van der Waals surface area contributed by atoms with Crippen LogP contribution in [0, 0.1) is 6.92 Å². The van der Waals surface area contributed by atoms with Crippen LogP contribution in [-0.4, -0.2) is 25.0 Å². The normalized spacial score (nSPS) is 11.9. The first-order chi connectivity index (χ1) is 8.67. The lowest BCUT2D eigenvalue weighted by Gasteiger charge is -2.19. The number of nitrogens with two attached hydrogens (primary N) is 1. The number of para-hydroxylation sites is 1. The molecule has 1 atom stereocenters. The van der Waals surface area contributed by atoms with Gasteiger partial charge in [-0.1, -0.05) is 25.1 Å². The maximum absolute atomic E-state index is 11.6. The molecule has 0 heterocycles. The second kappa shape index (κ2) is 7.71. The third-order valence-corrected chi connectivity index (χ3v) is 2.79. The van der Waals surface area contributed by atoms with Crippen LogP contribution < -0.4 is 16.4 Å². The zero-order valence-electron chi connectivity index (χ0n) is 11.2. The van der Waals surface area contributed by atoms with Crippen molar-refractivity contribution in [3.05, 3.63) is 29.8 Å². The predicted octanol–water partition coefficient (Wildman–Crippen LogP) is 1.65. The van der Waals surface area contributed by atoms with Gasteiger partial charge in [0.15, 0.2) is 0 Å². The van der Waals surface area contributed by atoms with E-state index >= 15 is 0 Å². The van der Waals surface area contributed by atoms with Gasteiger partial charge < -0.3 is 16.4 Å². The van der Waals surface area contributed by atoms with Gasteiger partial charge in [0.2, 0.25) is 5.91 Å². The molecule has 0 aromatic heterocycles. The number of anilines is 1. The molecule has 18 heavy (non-hydrogen) atoms. The average molecular weight is 249 g/mol. The van der Waals surface area contributed by atoms with E-state index in [1.807, 2.05) is 38.1 Å². The van der Waals surface area contributed by atoms with Gasteiger partial charge >= 0.3 is 0 Å². The lowest BCUT2D eigenvalue weighted by Crippen LogP contribution is -2.36. The van der Waals surface area contributed by atoms with E-state index in [9.17, 15) is 4.79 Å². The minimum Gasteiger partial charge on any atom is -0.380 e. The van der Waals surface area contributed by atoms with Crippen molar-refractivity contribution in [3.8, 4) is 0 Å². The summed E-state index contributed by atoms with van der Waals surface area (Å²) in [6.45, 7) is 5.23. The lowest BCUT2D eigenvalue weighted by atomic mass is 10.1. The van der Waals surface area contributed by atoms with Crippen LogP contribution >= 0.6 is 0 Å². The predicted molar refractivity (Wildman–Crippen MR) is 75.6 cm³/mol. The van der Waals surface area contributed by atoms with E-state index in [2.05, 4.69) is 10.6 Å². The number of benzene rings is 1. The zero-order chi connectivity index (χ0) is 13.4. The fourth-order valence-corrected chi connectivity index (χ4v) is 1.71. The van der Waals surface area contributed by atoms with E-state index in [4.69, 9.17) is 5.73 Å². The number of carbonyl (C=O) groups is 1. The van der Waals surface area contributed by atoms with Crippen molar-refractivity contribution in [3.63, 3.8) is 0 Å². The summed E-state index contributed by atoms with van der Waals surface area (Å²) >= 11 is 0. The quantitative estimate of drug-likeness (QED) is 0.688. The molecule has 0 saturated heterocycles. The van der Waals surface area contributed by atoms with Crippen LogP contribution in [0.2, 0.25) is 0 Å². The molecular weight excluding hydrogens is 226 g/mol. The molecule has 0 spiro atoms. The van der Waals surface area contributed by atoms with Crippen molar-refractivity contribution >= 4 is 11.6 Å². The molecule has 4 N–H and O–H groups in total. The fraction of sp³-hybridized carbons (Fsp3) is 0.500. The Morgan fingerprint density at radius 3 is 2.72 bits per heavy atom. The van der Waals surface area contributed by atoms with E-state index in [1.54, 1.807) is 0 Å². The molecule has 0 radical (unpaired) electrons. The molecule has 4 heteroatoms. The van der Waals surface area contributed by atoms with Crippen LogP contribution in [0.5, 0.6) is 0 Å². The molecule has 100 valence electrons. The monoisotopic (exact) mass is 249 g/mol. The Hall–Kier alpha value is -1.55. The van der Waals surface area contributed by atoms with Crippen LogP contribution in [0.1, 0.15) is 25.3 Å². The number of rotatable bonds is 7. The molecule has 0 aliphatic rings. The van der Waals surface area contributed by atoms with Gasteiger partial charge in [0.05, 0.1) is 0 Å². The van der Waals surface area contributed by atoms with Gasteiger partial charge in [0, 0.05) is 31.2 Å². The molecule has 1 rings (SSSR count). The number of hydrogen-bond acceptors (Lipinski definition) is 3. The second-order valence-electron chi connectivity index (χ2n) is 4.45. The maximum Gasteiger partial charge on any atom is 0.222 e. The van der Waals surface area contributed by atoms with Crippen LogP contribution in [0.25, 0.3) is 0 Å². The number of hydrogen-bond donors (Lipinski definition) is 3. The molecule has 0 bridgehead atoms. The summed E-state index contributed by atoms with van der Waals surface area (Å²) in [6, 6.07) is 7.98. The average Bonchev–Trinajstić information content (AvgIpc) is 2.38. The Bertz CT molecular complexity index is 379. The minimum atomic E-state index is -0.0250. The Morgan fingerprint density at radius 2 is 2.11 bits per heavy atom. The third-order valence-electron chi connectivity index (χ3n) is 2.79. The molecule has 1 amide bonds. The van der Waals surface area contributed by atoms with Gasteiger partial charge in [-0.3, -0.25) is 4.79 Å². The van der Waals surface area contributed by atoms with Crippen molar-refractivity contribution in [2.24, 2.45) is 5.73 Å². The fourth-order valence-electron chi connectivity index (χ4n) is 1.71. The van der Waals surface area contributed by atoms with Gasteiger partial charge in [0.1, 0.15) is 0 Å². The van der Waals surface area contributed by atoms with E-state index < -0.39 is 0 Å². The first-order valence-electron chi connectivity index (χ1n) is 6.46. The summed E-state index contributed by atoms with van der Waals surface area (Å²) in [7, 11) is 0. The number of aryl methyl sites for hydroxylation is 1. The molecule has 1 aromatic carbocycles. The molecule has 4 nitrogen and oxygen atoms in total. The Morgan fingerprint density at radius 1 is 1.39 bits per heavy atom. The van der Waals surface area contributed by atoms with Crippen LogP contribution in [-0.2, 0) is 4.79 Å². The highest BCUT2D eigenvalue weighted by Gasteiger charge is 2.12. The highest BCUT2D eigenvalue weighted by atomic mass is 16.1. The Labute approximate surface area is 109 Å². The van der Waals surface area contributed by atoms with Crippen molar-refractivity contribution in [1.29, 1.82) is 0 Å². The molecule has 1 aromatic rings. The molecule has 0 saturated carbocycles. The van der Waals surface area contributed by atoms with Crippen molar-refractivity contribution in [2.75, 3.05) is 18.4 Å². The van der Waals surface area contributed by atoms with Gasteiger partial charge in [-0.2, -0.15) is 0 Å². The zero-order valence-corrected chi connectivity index (χ0v) is 11.2. The Kier molecular flexibility index (Phi) is 6.22. The topological polar surface area (TPSA) is 67.2 Å². The summed E-state index contributed by atoms with van der Waals surface area (Å²) in [5, 5.41) is 6.18. The van der Waals surface area contributed by atoms with E-state index in [0.29, 0.717) is 13.0 Å². The van der Waals surface area contributed by atoms with Crippen LogP contribution in [0.15, 0.2) is 24.3 Å². The first kappa shape index (κ1) is 14.5. The summed E-state index contributed by atoms with van der Waals surface area (Å²) in [5.74, 6) is 0.0494. The van der Waals surface area contributed by atoms with Gasteiger partial charge in [-0.15, -0.1) is 0 Å². The molecule has 0 aliphatic heterocycles. The van der Waals surface area contributed by atoms with Gasteiger partial charge in [-0.25, -0.2) is 0 Å². The smallest absolute Gasteiger partial charge is 0.222 e.